The lowest BCUT2D eigenvalue weighted by Gasteiger charge is -2.35. The van der Waals surface area contributed by atoms with Crippen molar-refractivity contribution < 1.29 is 38.1 Å². The lowest BCUT2D eigenvalue weighted by atomic mass is 9.80. The van der Waals surface area contributed by atoms with Crippen molar-refractivity contribution in [1.82, 2.24) is 0 Å². The molecule has 10 heteroatoms. The molecule has 0 unspecified atom stereocenters. The van der Waals surface area contributed by atoms with Crippen molar-refractivity contribution >= 4 is 78.1 Å². The van der Waals surface area contributed by atoms with Crippen LogP contribution in [0.15, 0.2) is 182 Å². The van der Waals surface area contributed by atoms with Gasteiger partial charge >= 0.3 is 0 Å². The van der Waals surface area contributed by atoms with Gasteiger partial charge in [-0.1, -0.05) is 216 Å². The van der Waals surface area contributed by atoms with Crippen LogP contribution in [-0.4, -0.2) is 23.6 Å². The molecule has 0 saturated heterocycles. The summed E-state index contributed by atoms with van der Waals surface area (Å²) >= 11 is 0. The van der Waals surface area contributed by atoms with Crippen molar-refractivity contribution in [2.45, 2.75) is 132 Å². The van der Waals surface area contributed by atoms with E-state index in [-0.39, 0.29) is 45.3 Å². The molecule has 94 heavy (non-hydrogen) atoms. The minimum atomic E-state index is -0.491. The van der Waals surface area contributed by atoms with Gasteiger partial charge in [0.2, 0.25) is 0 Å². The van der Waals surface area contributed by atoms with Crippen LogP contribution in [0.1, 0.15) is 170 Å². The molecule has 0 aliphatic carbocycles. The molecule has 476 valence electrons. The Labute approximate surface area is 551 Å². The summed E-state index contributed by atoms with van der Waals surface area (Å²) in [4.78, 5) is 69.3. The maximum absolute atomic E-state index is 16.6. The molecule has 2 aliphatic heterocycles. The van der Waals surface area contributed by atoms with E-state index in [9.17, 15) is 0 Å². The van der Waals surface area contributed by atoms with E-state index in [0.29, 0.717) is 127 Å². The molecule has 0 spiro atoms. The summed E-state index contributed by atoms with van der Waals surface area (Å²) in [5.41, 5.74) is 6.00. The molecule has 0 atom stereocenters. The number of rotatable bonds is 26. The minimum Gasteiger partial charge on any atom is -0.457 e. The van der Waals surface area contributed by atoms with Gasteiger partial charge in [-0.3, -0.25) is 19.2 Å². The predicted octanol–water partition coefficient (Wildman–Crippen LogP) is 22.4. The lowest BCUT2D eigenvalue weighted by molar-refractivity contribution is 0.0877. The van der Waals surface area contributed by atoms with Crippen LogP contribution in [0.5, 0.6) is 46.0 Å². The predicted molar refractivity (Wildman–Crippen MR) is 380 cm³/mol. The molecule has 0 fully saturated rings. The highest BCUT2D eigenvalue weighted by Crippen LogP contribution is 2.59. The van der Waals surface area contributed by atoms with Gasteiger partial charge in [0.15, 0.2) is 0 Å². The zero-order valence-corrected chi connectivity index (χ0v) is 55.3. The Morgan fingerprint density at radius 2 is 0.479 bits per heavy atom. The molecule has 11 aromatic carbocycles. The lowest BCUT2D eigenvalue weighted by Crippen LogP contribution is -2.42. The summed E-state index contributed by atoms with van der Waals surface area (Å²) < 4.78 is 29.1. The number of anilines is 2. The summed E-state index contributed by atoms with van der Waals surface area (Å²) in [7, 11) is 0. The molecule has 10 nitrogen and oxygen atoms in total. The summed E-state index contributed by atoms with van der Waals surface area (Å²) in [5.74, 6) is 2.25. The number of benzene rings is 11. The third-order valence-electron chi connectivity index (χ3n) is 20.3. The molecule has 4 amide bonds. The topological polar surface area (TPSA) is 112 Å². The average molecular weight is 1250 g/mol. The first-order chi connectivity index (χ1) is 45.9. The maximum Gasteiger partial charge on any atom is 0.266 e. The number of carbonyl (C=O) groups excluding carboxylic acids is 4. The van der Waals surface area contributed by atoms with E-state index in [1.165, 1.54) is 9.80 Å². The maximum atomic E-state index is 16.6. The number of hydrogen-bond donors (Lipinski definition) is 0. The number of carbonyl (C=O) groups is 4. The van der Waals surface area contributed by atoms with E-state index in [4.69, 9.17) is 18.9 Å². The van der Waals surface area contributed by atoms with Gasteiger partial charge < -0.3 is 18.9 Å². The van der Waals surface area contributed by atoms with E-state index in [1.54, 1.807) is 24.3 Å². The van der Waals surface area contributed by atoms with Crippen molar-refractivity contribution in [3.8, 4) is 46.0 Å². The van der Waals surface area contributed by atoms with E-state index < -0.39 is 23.6 Å². The highest BCUT2D eigenvalue weighted by atomic mass is 16.5. The number of fused-ring (bicyclic) bond motifs is 2. The van der Waals surface area contributed by atoms with Crippen LogP contribution in [0.2, 0.25) is 0 Å². The van der Waals surface area contributed by atoms with Crippen molar-refractivity contribution in [3.63, 3.8) is 0 Å². The minimum absolute atomic E-state index is 0.250. The Morgan fingerprint density at radius 1 is 0.266 bits per heavy atom. The van der Waals surface area contributed by atoms with Crippen LogP contribution in [0.4, 0.5) is 11.4 Å². The highest BCUT2D eigenvalue weighted by molar-refractivity contribution is 6.48. The standard InChI is InChI=1S/C84H82N2O8/c1-9-51(10-2)43-55-31-29-32-56(44-52(11-3)12-4)79(55)85-81(87)63-47-67(91-59-35-21-17-22-36-59)73-75-69(93-61-39-25-19-26-40-61)49-65-72-66(84(90)86(83(65)89)80-57(45-53(13-5)14-6)33-30-34-58(80)46-54(15-7)16-8)50-70(94-62-41-27-20-28-42-62)76(78(72)75)74-68(92-60-37-23-18-24-38-60)48-64(82(85)88)71(63)77(73)74/h17-42,47-54H,9-16,43-46H2,1-8H3. The second kappa shape index (κ2) is 27.0. The third kappa shape index (κ3) is 11.4. The molecule has 2 aliphatic rings. The summed E-state index contributed by atoms with van der Waals surface area (Å²) in [6.07, 6.45) is 10.1. The zero-order valence-electron chi connectivity index (χ0n) is 55.3. The van der Waals surface area contributed by atoms with Gasteiger partial charge in [-0.25, -0.2) is 9.80 Å². The number of para-hydroxylation sites is 6. The van der Waals surface area contributed by atoms with Crippen LogP contribution in [-0.2, 0) is 25.7 Å². The fraction of sp³-hybridized carbons (Fsp3) is 0.286. The van der Waals surface area contributed by atoms with Gasteiger partial charge in [-0.15, -0.1) is 0 Å². The molecule has 11 aromatic rings. The molecule has 0 saturated carbocycles. The van der Waals surface area contributed by atoms with Crippen LogP contribution < -0.4 is 28.7 Å². The second-order valence-corrected chi connectivity index (χ2v) is 25.6. The molecule has 0 aromatic heterocycles. The first kappa shape index (κ1) is 63.0. The number of ether oxygens (including phenoxy) is 4. The van der Waals surface area contributed by atoms with Crippen molar-refractivity contribution in [2.24, 2.45) is 23.7 Å². The van der Waals surface area contributed by atoms with Gasteiger partial charge in [0, 0.05) is 43.1 Å². The highest BCUT2D eigenvalue weighted by Gasteiger charge is 2.44. The van der Waals surface area contributed by atoms with Crippen molar-refractivity contribution in [3.05, 3.63) is 226 Å². The molecular weight excluding hydrogens is 1160 g/mol. The Bertz CT molecular complexity index is 4070. The molecule has 2 heterocycles. The van der Waals surface area contributed by atoms with E-state index in [0.717, 1.165) is 73.6 Å². The van der Waals surface area contributed by atoms with Gasteiger partial charge in [-0.05, 0) is 144 Å². The largest absolute Gasteiger partial charge is 0.457 e. The Balaban J connectivity index is 1.21. The van der Waals surface area contributed by atoms with Crippen LogP contribution in [0.25, 0.3) is 43.1 Å². The van der Waals surface area contributed by atoms with Gasteiger partial charge in [-0.2, -0.15) is 0 Å². The molecule has 0 N–H and O–H groups in total. The molecule has 0 radical (unpaired) electrons. The molecule has 0 bridgehead atoms. The quantitative estimate of drug-likeness (QED) is 0.0299. The number of imide groups is 2. The first-order valence-corrected chi connectivity index (χ1v) is 34.2. The molecule has 13 rings (SSSR count). The normalized spacial score (nSPS) is 13.2. The number of nitrogens with zero attached hydrogens (tertiary/aromatic N) is 2. The van der Waals surface area contributed by atoms with E-state index >= 15 is 19.2 Å². The Hall–Kier alpha value is -9.80. The third-order valence-corrected chi connectivity index (χ3v) is 20.3. The summed E-state index contributed by atoms with van der Waals surface area (Å²) in [5, 5.41) is 3.59. The van der Waals surface area contributed by atoms with Crippen molar-refractivity contribution in [1.29, 1.82) is 0 Å². The number of hydrogen-bond acceptors (Lipinski definition) is 8. The van der Waals surface area contributed by atoms with Gasteiger partial charge in [0.1, 0.15) is 46.0 Å². The van der Waals surface area contributed by atoms with Gasteiger partial charge in [0.05, 0.1) is 33.6 Å². The Kier molecular flexibility index (Phi) is 18.1. The summed E-state index contributed by atoms with van der Waals surface area (Å²) in [6.45, 7) is 17.6. The fourth-order valence-corrected chi connectivity index (χ4v) is 14.8. The van der Waals surface area contributed by atoms with E-state index in [2.05, 4.69) is 91.8 Å². The van der Waals surface area contributed by atoms with Crippen molar-refractivity contribution in [2.75, 3.05) is 9.80 Å². The van der Waals surface area contributed by atoms with Crippen LogP contribution >= 0.6 is 0 Å². The second-order valence-electron chi connectivity index (χ2n) is 25.6. The fourth-order valence-electron chi connectivity index (χ4n) is 14.8. The zero-order chi connectivity index (χ0) is 65.3. The monoisotopic (exact) mass is 1250 g/mol. The smallest absolute Gasteiger partial charge is 0.266 e. The Morgan fingerprint density at radius 3 is 0.681 bits per heavy atom. The first-order valence-electron chi connectivity index (χ1n) is 34.2. The average Bonchev–Trinajstić information content (AvgIpc) is 0.672. The SMILES string of the molecule is CCC(CC)Cc1cccc(CC(CC)CC)c1N1C(=O)c2cc(Oc3ccccc3)c3c4c(Oc5ccccc5)cc5c6c(cc(Oc7ccccc7)c(c7c(Oc8ccccc8)cc(c2c37)C1=O)c64)C(=O)N(c1c(CC(CC)CC)cccc1CC(CC)CC)C5=O. The summed E-state index contributed by atoms with van der Waals surface area (Å²) in [6, 6.07) is 57.3. The van der Waals surface area contributed by atoms with Crippen LogP contribution in [0, 0.1) is 23.7 Å². The van der Waals surface area contributed by atoms with Crippen LogP contribution in [0.3, 0.4) is 0 Å². The van der Waals surface area contributed by atoms with Gasteiger partial charge in [0.25, 0.3) is 23.6 Å². The number of amides is 4. The molecular formula is C84H82N2O8. The van der Waals surface area contributed by atoms with E-state index in [1.807, 2.05) is 121 Å².